The summed E-state index contributed by atoms with van der Waals surface area (Å²) in [6.45, 7) is 0. The molecule has 0 aliphatic heterocycles. The molecule has 0 saturated heterocycles. The van der Waals surface area contributed by atoms with Crippen molar-refractivity contribution in [2.24, 2.45) is 0 Å². The van der Waals surface area contributed by atoms with Gasteiger partial charge in [0.25, 0.3) is 0 Å². The number of hydrogen-bond donors (Lipinski definition) is 2. The molecule has 1 aromatic carbocycles. The van der Waals surface area contributed by atoms with Gasteiger partial charge in [0.1, 0.15) is 0 Å². The summed E-state index contributed by atoms with van der Waals surface area (Å²) in [6, 6.07) is 6.36. The van der Waals surface area contributed by atoms with Crippen LogP contribution in [0.2, 0.25) is 0 Å². The molecule has 1 rings (SSSR count). The van der Waals surface area contributed by atoms with Crippen LogP contribution in [0.3, 0.4) is 0 Å². The van der Waals surface area contributed by atoms with Crippen molar-refractivity contribution < 1.29 is 70.1 Å². The minimum Gasteiger partial charge on any atom is -1.00 e. The van der Waals surface area contributed by atoms with Gasteiger partial charge in [-0.1, -0.05) is 30.3 Å². The van der Waals surface area contributed by atoms with E-state index in [2.05, 4.69) is 0 Å². The average molecular weight is 332 g/mol. The molecule has 0 aliphatic rings. The van der Waals surface area contributed by atoms with E-state index in [1.165, 1.54) is 12.1 Å². The second kappa shape index (κ2) is 7.57. The van der Waals surface area contributed by atoms with Crippen molar-refractivity contribution in [3.63, 3.8) is 0 Å². The number of hydrogen-bond acceptors (Lipinski definition) is 4. The Balaban J connectivity index is -0.000000269. The summed E-state index contributed by atoms with van der Waals surface area (Å²) in [5.74, 6) is 0. The fourth-order valence-electron chi connectivity index (χ4n) is 0.627. The van der Waals surface area contributed by atoms with Crippen LogP contribution in [-0.4, -0.2) is 25.9 Å². The molecule has 0 unspecified atom stereocenters. The van der Waals surface area contributed by atoms with Gasteiger partial charge < -0.3 is 1.43 Å². The zero-order valence-electron chi connectivity index (χ0n) is 10.4. The van der Waals surface area contributed by atoms with Crippen molar-refractivity contribution in [2.45, 2.75) is 6.18 Å². The molecule has 0 heterocycles. The summed E-state index contributed by atoms with van der Waals surface area (Å²) in [7, 11) is -10.6. The summed E-state index contributed by atoms with van der Waals surface area (Å²) >= 11 is 0. The molecular formula is C7H8F3NaO6S2. The Morgan fingerprint density at radius 1 is 0.895 bits per heavy atom. The first-order chi connectivity index (χ1) is 7.86. The molecule has 2 N–H and O–H groups in total. The van der Waals surface area contributed by atoms with Crippen LogP contribution in [-0.2, 0) is 24.5 Å². The van der Waals surface area contributed by atoms with Crippen LogP contribution >= 0.6 is 0 Å². The molecule has 0 atom stereocenters. The molecule has 0 spiro atoms. The second-order valence-electron chi connectivity index (χ2n) is 2.72. The van der Waals surface area contributed by atoms with Crippen LogP contribution in [0.4, 0.5) is 13.2 Å². The van der Waals surface area contributed by atoms with E-state index < -0.39 is 30.0 Å². The minimum absolute atomic E-state index is 0. The Bertz CT molecular complexity index is 557. The fraction of sp³-hybridized carbons (Fsp3) is 0.143. The molecule has 19 heavy (non-hydrogen) atoms. The van der Waals surface area contributed by atoms with E-state index in [0.29, 0.717) is 0 Å². The summed E-state index contributed by atoms with van der Waals surface area (Å²) in [5, 5.41) is 0. The molecule has 6 nitrogen and oxygen atoms in total. The third-order valence-electron chi connectivity index (χ3n) is 1.37. The van der Waals surface area contributed by atoms with Crippen molar-refractivity contribution in [1.29, 1.82) is 0 Å². The van der Waals surface area contributed by atoms with E-state index >= 15 is 0 Å². The van der Waals surface area contributed by atoms with E-state index in [4.69, 9.17) is 9.11 Å². The van der Waals surface area contributed by atoms with Crippen LogP contribution in [0.25, 0.3) is 0 Å². The van der Waals surface area contributed by atoms with Crippen molar-refractivity contribution in [3.8, 4) is 0 Å². The predicted molar refractivity (Wildman–Crippen MR) is 55.7 cm³/mol. The van der Waals surface area contributed by atoms with Crippen LogP contribution in [0.15, 0.2) is 30.3 Å². The maximum absolute atomic E-state index is 11.8. The first-order valence-electron chi connectivity index (χ1n) is 3.93. The molecule has 0 radical (unpaired) electrons. The summed E-state index contributed by atoms with van der Waals surface area (Å²) in [4.78, 5) is 0. The van der Waals surface area contributed by atoms with Gasteiger partial charge in [-0.05, 0) is 0 Å². The van der Waals surface area contributed by atoms with Crippen LogP contribution in [0, 0.1) is 0 Å². The van der Waals surface area contributed by atoms with Gasteiger partial charge in [0.2, 0.25) is 0 Å². The summed E-state index contributed by atoms with van der Waals surface area (Å²) in [6.07, 6.45) is -4.21. The van der Waals surface area contributed by atoms with E-state index in [9.17, 15) is 30.0 Å². The quantitative estimate of drug-likeness (QED) is 0.368. The second-order valence-corrected chi connectivity index (χ2v) is 6.96. The van der Waals surface area contributed by atoms with Gasteiger partial charge in [-0.3, -0.25) is 9.11 Å². The molecule has 0 aromatic heterocycles. The predicted octanol–water partition coefficient (Wildman–Crippen LogP) is -1.50. The van der Waals surface area contributed by atoms with Crippen molar-refractivity contribution in [3.05, 3.63) is 35.9 Å². The normalized spacial score (nSPS) is 11.8. The molecular weight excluding hydrogens is 324 g/mol. The Morgan fingerprint density at radius 3 is 1.37 bits per heavy atom. The third-order valence-corrected chi connectivity index (χ3v) is 3.50. The van der Waals surface area contributed by atoms with Crippen LogP contribution < -0.4 is 29.6 Å². The van der Waals surface area contributed by atoms with Gasteiger partial charge in [-0.2, -0.15) is 30.0 Å². The van der Waals surface area contributed by atoms with Gasteiger partial charge in [-0.25, -0.2) is 0 Å². The number of benzene rings is 1. The van der Waals surface area contributed by atoms with Gasteiger partial charge in [-0.15, -0.1) is 0 Å². The van der Waals surface area contributed by atoms with Crippen molar-refractivity contribution in [1.82, 2.24) is 0 Å². The number of alkyl halides is 3. The maximum atomic E-state index is 11.8. The Kier molecular flexibility index (Phi) is 8.42. The van der Waals surface area contributed by atoms with Gasteiger partial charge >= 0.3 is 54.0 Å². The molecule has 0 aliphatic carbocycles. The SMILES string of the molecule is FC(F)(F)c1ccccc1.O=S(=O)(O)S(=O)(=O)O.[H-].[Na+]. The standard InChI is InChI=1S/C7H5F3.Na.H2O6S2.H/c8-7(9,10)6-4-2-1-3-5-6;;1-7(2,3)8(4,5)6;/h1-5H;;(H,1,2,3)(H,4,5,6);/q;+1;;-1. The van der Waals surface area contributed by atoms with E-state index in [1.54, 1.807) is 6.07 Å². The van der Waals surface area contributed by atoms with E-state index in [-0.39, 0.29) is 31.0 Å². The summed E-state index contributed by atoms with van der Waals surface area (Å²) < 4.78 is 87.8. The Morgan fingerprint density at radius 2 is 1.21 bits per heavy atom. The smallest absolute Gasteiger partial charge is 1.00 e. The average Bonchev–Trinajstić information content (AvgIpc) is 2.15. The zero-order chi connectivity index (χ0) is 14.6. The molecule has 106 valence electrons. The number of rotatable bonds is 1. The molecule has 0 bridgehead atoms. The Hall–Kier alpha value is -0.170. The van der Waals surface area contributed by atoms with Crippen molar-refractivity contribution in [2.75, 3.05) is 0 Å². The van der Waals surface area contributed by atoms with E-state index in [0.717, 1.165) is 12.1 Å². The topological polar surface area (TPSA) is 109 Å². The fourth-order valence-corrected chi connectivity index (χ4v) is 0.627. The van der Waals surface area contributed by atoms with Crippen LogP contribution in [0.1, 0.15) is 6.99 Å². The Labute approximate surface area is 130 Å². The summed E-state index contributed by atoms with van der Waals surface area (Å²) in [5.41, 5.74) is -0.602. The zero-order valence-corrected chi connectivity index (χ0v) is 13.0. The van der Waals surface area contributed by atoms with Crippen molar-refractivity contribution >= 4 is 18.3 Å². The third kappa shape index (κ3) is 8.57. The van der Waals surface area contributed by atoms with E-state index in [1.807, 2.05) is 0 Å². The monoisotopic (exact) mass is 332 g/mol. The van der Waals surface area contributed by atoms with Gasteiger partial charge in [0.05, 0.1) is 5.56 Å². The molecule has 0 amide bonds. The molecule has 12 heteroatoms. The molecule has 1 aromatic rings. The first-order valence-corrected chi connectivity index (χ1v) is 7.32. The largest absolute Gasteiger partial charge is 1.00 e. The minimum atomic E-state index is -5.31. The van der Waals surface area contributed by atoms with Gasteiger partial charge in [0, 0.05) is 0 Å². The maximum Gasteiger partial charge on any atom is 1.00 e. The molecule has 0 saturated carbocycles. The van der Waals surface area contributed by atoms with Crippen LogP contribution in [0.5, 0.6) is 0 Å². The molecule has 0 fully saturated rings. The van der Waals surface area contributed by atoms with Gasteiger partial charge in [0.15, 0.2) is 0 Å². The number of halogens is 3. The first kappa shape index (κ1) is 21.1.